The number of anilines is 2. The van der Waals surface area contributed by atoms with Crippen molar-refractivity contribution in [2.75, 3.05) is 49.9 Å². The molecule has 3 heterocycles. The number of nitrogen functional groups attached to an aromatic ring is 1. The SMILES string of the molecule is C=CCNC(=O)N1CCCCC(NC(=O)N2CCN(c3cc(N)nc4cc(Cl)ccc34)CC2)C1=O. The number of fused-ring (bicyclic) bond motifs is 1. The first-order valence-electron chi connectivity index (χ1n) is 11.7. The van der Waals surface area contributed by atoms with E-state index in [9.17, 15) is 14.4 Å². The van der Waals surface area contributed by atoms with Crippen LogP contribution in [0, 0.1) is 0 Å². The van der Waals surface area contributed by atoms with Crippen LogP contribution in [0.15, 0.2) is 36.9 Å². The van der Waals surface area contributed by atoms with E-state index in [1.54, 1.807) is 17.0 Å². The number of hydrogen-bond donors (Lipinski definition) is 3. The maximum Gasteiger partial charge on any atom is 0.324 e. The van der Waals surface area contributed by atoms with Gasteiger partial charge in [0.25, 0.3) is 5.91 Å². The number of halogens is 1. The van der Waals surface area contributed by atoms with Crippen LogP contribution in [-0.4, -0.2) is 78.1 Å². The van der Waals surface area contributed by atoms with Crippen molar-refractivity contribution >= 4 is 52.0 Å². The lowest BCUT2D eigenvalue weighted by Gasteiger charge is -2.37. The van der Waals surface area contributed by atoms with Crippen LogP contribution in [0.5, 0.6) is 0 Å². The molecular formula is C24H30ClN7O3. The molecule has 0 spiro atoms. The van der Waals surface area contributed by atoms with Crippen LogP contribution in [0.4, 0.5) is 21.1 Å². The number of carbonyl (C=O) groups excluding carboxylic acids is 3. The maximum atomic E-state index is 13.0. The molecule has 1 atom stereocenters. The summed E-state index contributed by atoms with van der Waals surface area (Å²) in [7, 11) is 0. The Hall–Kier alpha value is -3.53. The fourth-order valence-corrected chi connectivity index (χ4v) is 4.65. The van der Waals surface area contributed by atoms with Crippen LogP contribution in [0.2, 0.25) is 5.02 Å². The Morgan fingerprint density at radius 1 is 1.14 bits per heavy atom. The van der Waals surface area contributed by atoms with Crippen molar-refractivity contribution in [3.05, 3.63) is 41.9 Å². The normalized spacial score (nSPS) is 18.8. The van der Waals surface area contributed by atoms with E-state index in [0.29, 0.717) is 56.4 Å². The van der Waals surface area contributed by atoms with Crippen LogP contribution >= 0.6 is 11.6 Å². The van der Waals surface area contributed by atoms with Crippen LogP contribution in [0.3, 0.4) is 0 Å². The van der Waals surface area contributed by atoms with E-state index < -0.39 is 12.1 Å². The van der Waals surface area contributed by atoms with Gasteiger partial charge in [0.15, 0.2) is 0 Å². The second kappa shape index (κ2) is 10.8. The van der Waals surface area contributed by atoms with Gasteiger partial charge in [-0.3, -0.25) is 9.69 Å². The molecule has 0 bridgehead atoms. The third kappa shape index (κ3) is 5.59. The largest absolute Gasteiger partial charge is 0.384 e. The highest BCUT2D eigenvalue weighted by molar-refractivity contribution is 6.31. The molecule has 186 valence electrons. The first-order valence-corrected chi connectivity index (χ1v) is 12.1. The number of likely N-dealkylation sites (tertiary alicyclic amines) is 1. The zero-order chi connectivity index (χ0) is 24.9. The van der Waals surface area contributed by atoms with Crippen molar-refractivity contribution < 1.29 is 14.4 Å². The summed E-state index contributed by atoms with van der Waals surface area (Å²) in [6, 6.07) is 5.86. The minimum atomic E-state index is -0.730. The van der Waals surface area contributed by atoms with Crippen molar-refractivity contribution in [2.24, 2.45) is 0 Å². The van der Waals surface area contributed by atoms with Gasteiger partial charge in [-0.2, -0.15) is 0 Å². The number of hydrogen-bond acceptors (Lipinski definition) is 6. The fraction of sp³-hybridized carbons (Fsp3) is 0.417. The minimum absolute atomic E-state index is 0.273. The molecule has 2 aliphatic rings. The number of urea groups is 2. The third-order valence-corrected chi connectivity index (χ3v) is 6.54. The molecule has 10 nitrogen and oxygen atoms in total. The van der Waals surface area contributed by atoms with E-state index in [-0.39, 0.29) is 18.5 Å². The van der Waals surface area contributed by atoms with E-state index >= 15 is 0 Å². The molecule has 5 amide bonds. The predicted octanol–water partition coefficient (Wildman–Crippen LogP) is 2.58. The molecule has 35 heavy (non-hydrogen) atoms. The number of benzene rings is 1. The smallest absolute Gasteiger partial charge is 0.324 e. The molecule has 2 saturated heterocycles. The number of nitrogens with zero attached hydrogens (tertiary/aromatic N) is 4. The number of nitrogens with two attached hydrogens (primary N) is 1. The lowest BCUT2D eigenvalue weighted by molar-refractivity contribution is -0.129. The lowest BCUT2D eigenvalue weighted by atomic mass is 10.1. The topological polar surface area (TPSA) is 124 Å². The first kappa shape index (κ1) is 24.6. The summed E-state index contributed by atoms with van der Waals surface area (Å²) in [5, 5.41) is 7.02. The second-order valence-electron chi connectivity index (χ2n) is 8.66. The standard InChI is InChI=1S/C24H30ClN7O3/c1-2-8-27-23(34)32-9-4-3-5-18(22(32)33)29-24(35)31-12-10-30(11-13-31)20-15-21(26)28-19-14-16(25)6-7-17(19)20/h2,6-7,14-15,18H,1,3-5,8-13H2,(H2,26,28)(H,27,34)(H,29,35). The summed E-state index contributed by atoms with van der Waals surface area (Å²) in [5.74, 6) is 0.0249. The molecule has 4 N–H and O–H groups in total. The first-order chi connectivity index (χ1) is 16.9. The molecule has 11 heteroatoms. The van der Waals surface area contributed by atoms with Gasteiger partial charge >= 0.3 is 12.1 Å². The van der Waals surface area contributed by atoms with Crippen LogP contribution in [0.25, 0.3) is 10.9 Å². The molecule has 4 rings (SSSR count). The monoisotopic (exact) mass is 499 g/mol. The quantitative estimate of drug-likeness (QED) is 0.555. The molecule has 2 fully saturated rings. The van der Waals surface area contributed by atoms with Crippen LogP contribution in [-0.2, 0) is 4.79 Å². The van der Waals surface area contributed by atoms with Gasteiger partial charge in [0.1, 0.15) is 11.9 Å². The average molecular weight is 500 g/mol. The minimum Gasteiger partial charge on any atom is -0.384 e. The molecule has 2 aromatic rings. The summed E-state index contributed by atoms with van der Waals surface area (Å²) in [6.45, 7) is 6.34. The van der Waals surface area contributed by atoms with E-state index in [2.05, 4.69) is 27.1 Å². The van der Waals surface area contributed by atoms with E-state index in [0.717, 1.165) is 23.0 Å². The van der Waals surface area contributed by atoms with Gasteiger partial charge < -0.3 is 26.2 Å². The average Bonchev–Trinajstić information content (AvgIpc) is 3.03. The number of amides is 5. The molecule has 1 aromatic carbocycles. The van der Waals surface area contributed by atoms with E-state index in [1.807, 2.05) is 18.2 Å². The molecule has 2 aliphatic heterocycles. The Labute approximate surface area is 209 Å². The number of piperazine rings is 1. The van der Waals surface area contributed by atoms with Crippen LogP contribution in [0.1, 0.15) is 19.3 Å². The summed E-state index contributed by atoms with van der Waals surface area (Å²) in [5.41, 5.74) is 7.69. The number of pyridine rings is 1. The highest BCUT2D eigenvalue weighted by atomic mass is 35.5. The van der Waals surface area contributed by atoms with E-state index in [1.165, 1.54) is 4.90 Å². The lowest BCUT2D eigenvalue weighted by Crippen LogP contribution is -2.57. The molecule has 1 aromatic heterocycles. The Kier molecular flexibility index (Phi) is 7.60. The van der Waals surface area contributed by atoms with Crippen molar-refractivity contribution in [1.82, 2.24) is 25.4 Å². The van der Waals surface area contributed by atoms with E-state index in [4.69, 9.17) is 17.3 Å². The molecule has 0 saturated carbocycles. The van der Waals surface area contributed by atoms with Gasteiger partial charge in [0, 0.05) is 61.4 Å². The number of carbonyl (C=O) groups is 3. The molecule has 0 radical (unpaired) electrons. The van der Waals surface area contributed by atoms with Crippen molar-refractivity contribution in [2.45, 2.75) is 25.3 Å². The Bertz CT molecular complexity index is 1130. The second-order valence-corrected chi connectivity index (χ2v) is 9.10. The summed E-state index contributed by atoms with van der Waals surface area (Å²) in [6.07, 6.45) is 3.50. The number of rotatable bonds is 4. The summed E-state index contributed by atoms with van der Waals surface area (Å²) >= 11 is 6.11. The Morgan fingerprint density at radius 3 is 2.66 bits per heavy atom. The van der Waals surface area contributed by atoms with Crippen molar-refractivity contribution in [3.8, 4) is 0 Å². The van der Waals surface area contributed by atoms with Gasteiger partial charge in [0.05, 0.1) is 5.52 Å². The molecule has 0 aliphatic carbocycles. The summed E-state index contributed by atoms with van der Waals surface area (Å²) < 4.78 is 0. The fourth-order valence-electron chi connectivity index (χ4n) is 4.49. The number of aromatic nitrogens is 1. The highest BCUT2D eigenvalue weighted by Crippen LogP contribution is 2.30. The zero-order valence-corrected chi connectivity index (χ0v) is 20.3. The number of imide groups is 1. The Morgan fingerprint density at radius 2 is 1.91 bits per heavy atom. The predicted molar refractivity (Wildman–Crippen MR) is 136 cm³/mol. The summed E-state index contributed by atoms with van der Waals surface area (Å²) in [4.78, 5) is 47.7. The van der Waals surface area contributed by atoms with Crippen molar-refractivity contribution in [3.63, 3.8) is 0 Å². The number of nitrogens with one attached hydrogen (secondary N) is 2. The van der Waals surface area contributed by atoms with Gasteiger partial charge in [-0.05, 0) is 37.5 Å². The zero-order valence-electron chi connectivity index (χ0n) is 19.5. The van der Waals surface area contributed by atoms with Gasteiger partial charge in [0.2, 0.25) is 0 Å². The Balaban J connectivity index is 1.39. The van der Waals surface area contributed by atoms with Gasteiger partial charge in [-0.1, -0.05) is 17.7 Å². The van der Waals surface area contributed by atoms with Gasteiger partial charge in [-0.15, -0.1) is 6.58 Å². The van der Waals surface area contributed by atoms with Crippen LogP contribution < -0.4 is 21.3 Å². The molecule has 1 unspecified atom stereocenters. The highest BCUT2D eigenvalue weighted by Gasteiger charge is 2.33. The van der Waals surface area contributed by atoms with Gasteiger partial charge in [-0.25, -0.2) is 14.6 Å². The third-order valence-electron chi connectivity index (χ3n) is 6.31. The van der Waals surface area contributed by atoms with Crippen molar-refractivity contribution in [1.29, 1.82) is 0 Å². The molecular weight excluding hydrogens is 470 g/mol. The maximum absolute atomic E-state index is 13.0.